The first-order valence-corrected chi connectivity index (χ1v) is 13.2. The molecule has 0 heterocycles. The molecule has 3 saturated carbocycles. The van der Waals surface area contributed by atoms with Crippen LogP contribution in [0.1, 0.15) is 39.0 Å². The molecule has 3 heteroatoms. The Balaban J connectivity index is 1.35. The Hall–Kier alpha value is -2.26. The molecule has 3 aromatic carbocycles. The van der Waals surface area contributed by atoms with Crippen molar-refractivity contribution in [3.8, 4) is 5.75 Å². The topological polar surface area (TPSA) is 9.23 Å². The molecule has 6 rings (SSSR count). The highest BCUT2D eigenvalue weighted by Gasteiger charge is 2.60. The van der Waals surface area contributed by atoms with Crippen LogP contribution in [0.15, 0.2) is 93.5 Å². The summed E-state index contributed by atoms with van der Waals surface area (Å²) in [6.07, 6.45) is 6.43. The summed E-state index contributed by atoms with van der Waals surface area (Å²) in [6, 6.07) is 26.6. The van der Waals surface area contributed by atoms with Gasteiger partial charge in [0, 0.05) is 12.0 Å². The van der Waals surface area contributed by atoms with E-state index in [4.69, 9.17) is 4.74 Å². The highest BCUT2D eigenvalue weighted by molar-refractivity contribution is 7.97. The van der Waals surface area contributed by atoms with E-state index in [0.29, 0.717) is 11.7 Å². The van der Waals surface area contributed by atoms with E-state index < -0.39 is 0 Å². The molecule has 3 aliphatic carbocycles. The molecule has 3 fully saturated rings. The highest BCUT2D eigenvalue weighted by atomic mass is 32.2. The first-order chi connectivity index (χ1) is 15.6. The zero-order valence-corrected chi connectivity index (χ0v) is 19.4. The number of fused-ring (bicyclic) bond motifs is 5. The highest BCUT2D eigenvalue weighted by Crippen LogP contribution is 2.63. The monoisotopic (exact) mass is 445 g/mol. The van der Waals surface area contributed by atoms with Gasteiger partial charge in [-0.25, -0.2) is 4.39 Å². The van der Waals surface area contributed by atoms with Crippen LogP contribution in [-0.4, -0.2) is 5.60 Å². The zero-order valence-electron chi connectivity index (χ0n) is 18.5. The lowest BCUT2D eigenvalue weighted by atomic mass is 9.73. The molecule has 5 atom stereocenters. The Kier molecular flexibility index (Phi) is 5.06. The van der Waals surface area contributed by atoms with Crippen LogP contribution in [0, 0.1) is 29.5 Å². The summed E-state index contributed by atoms with van der Waals surface area (Å²) in [6.45, 7) is 2.24. The van der Waals surface area contributed by atoms with Crippen LogP contribution < -0.4 is 4.74 Å². The summed E-state index contributed by atoms with van der Waals surface area (Å²) >= 11 is 0. The second-order valence-electron chi connectivity index (χ2n) is 10.0. The van der Waals surface area contributed by atoms with Crippen LogP contribution in [0.4, 0.5) is 4.39 Å². The van der Waals surface area contributed by atoms with Crippen molar-refractivity contribution in [1.82, 2.24) is 0 Å². The van der Waals surface area contributed by atoms with Crippen molar-refractivity contribution in [1.29, 1.82) is 0 Å². The van der Waals surface area contributed by atoms with Crippen LogP contribution in [0.2, 0.25) is 0 Å². The van der Waals surface area contributed by atoms with Gasteiger partial charge in [0.1, 0.15) is 5.60 Å². The maximum Gasteiger partial charge on any atom is 0.170 e. The molecule has 0 amide bonds. The first-order valence-electron chi connectivity index (χ1n) is 12.0. The zero-order chi connectivity index (χ0) is 21.7. The lowest BCUT2D eigenvalue weighted by Gasteiger charge is -2.40. The van der Waals surface area contributed by atoms with Crippen molar-refractivity contribution in [3.63, 3.8) is 0 Å². The van der Waals surface area contributed by atoms with Crippen molar-refractivity contribution >= 4 is 10.9 Å². The molecule has 0 spiro atoms. The third-order valence-electron chi connectivity index (χ3n) is 8.20. The van der Waals surface area contributed by atoms with Gasteiger partial charge >= 0.3 is 0 Å². The van der Waals surface area contributed by atoms with Gasteiger partial charge in [0.2, 0.25) is 0 Å². The average molecular weight is 446 g/mol. The largest absolute Gasteiger partial charge is 0.484 e. The fraction of sp³-hybridized carbons (Fsp3) is 0.379. The lowest BCUT2D eigenvalue weighted by Crippen LogP contribution is -2.43. The summed E-state index contributed by atoms with van der Waals surface area (Å²) in [5.74, 6) is 3.21. The van der Waals surface area contributed by atoms with E-state index in [1.54, 1.807) is 6.07 Å². The molecule has 2 bridgehead atoms. The summed E-state index contributed by atoms with van der Waals surface area (Å²) in [5.41, 5.74) is -0.242. The molecular weight excluding hydrogens is 415 g/mol. The minimum Gasteiger partial charge on any atom is -0.484 e. The fourth-order valence-electron chi connectivity index (χ4n) is 6.97. The number of hydrogen-bond donors (Lipinski definition) is 0. The Morgan fingerprint density at radius 1 is 0.844 bits per heavy atom. The third-order valence-corrected chi connectivity index (χ3v) is 10.4. The van der Waals surface area contributed by atoms with Crippen molar-refractivity contribution in [2.24, 2.45) is 23.7 Å². The molecule has 0 aromatic heterocycles. The average Bonchev–Trinajstić information content (AvgIpc) is 3.50. The fourth-order valence-corrected chi connectivity index (χ4v) is 9.07. The van der Waals surface area contributed by atoms with Gasteiger partial charge in [-0.2, -0.15) is 0 Å². The third kappa shape index (κ3) is 3.37. The number of rotatable bonds is 5. The summed E-state index contributed by atoms with van der Waals surface area (Å²) < 4.78 is 21.7. The van der Waals surface area contributed by atoms with Gasteiger partial charge in [-0.1, -0.05) is 42.8 Å². The SMILES string of the molecule is CC1(Oc2cc([S+](c3ccccc3)c3ccccc3)ccc2F)CC2CC1C1CCCC21. The summed E-state index contributed by atoms with van der Waals surface area (Å²) in [5, 5.41) is 0. The molecule has 0 aliphatic heterocycles. The van der Waals surface area contributed by atoms with E-state index in [0.717, 1.165) is 29.1 Å². The maximum absolute atomic E-state index is 15.0. The molecule has 164 valence electrons. The van der Waals surface area contributed by atoms with Gasteiger partial charge in [0.05, 0.1) is 10.9 Å². The lowest BCUT2D eigenvalue weighted by molar-refractivity contribution is -0.00979. The maximum atomic E-state index is 15.0. The summed E-state index contributed by atoms with van der Waals surface area (Å²) in [7, 11) is -0.303. The smallest absolute Gasteiger partial charge is 0.170 e. The predicted molar refractivity (Wildman–Crippen MR) is 128 cm³/mol. The van der Waals surface area contributed by atoms with E-state index in [2.05, 4.69) is 55.5 Å². The Morgan fingerprint density at radius 3 is 2.19 bits per heavy atom. The second kappa shape index (κ2) is 7.95. The van der Waals surface area contributed by atoms with Gasteiger partial charge in [0.25, 0.3) is 0 Å². The molecule has 0 saturated heterocycles. The number of hydrogen-bond acceptors (Lipinski definition) is 1. The van der Waals surface area contributed by atoms with Crippen molar-refractivity contribution in [2.75, 3.05) is 0 Å². The predicted octanol–water partition coefficient (Wildman–Crippen LogP) is 7.51. The van der Waals surface area contributed by atoms with E-state index >= 15 is 4.39 Å². The summed E-state index contributed by atoms with van der Waals surface area (Å²) in [4.78, 5) is 3.57. The number of benzene rings is 3. The van der Waals surface area contributed by atoms with Crippen LogP contribution in [-0.2, 0) is 10.9 Å². The standard InChI is InChI=1S/C29H30FOS/c1-29(19-20-17-26(29)25-14-8-13-24(20)25)31-28-18-23(15-16-27(28)30)32(21-9-4-2-5-10-21)22-11-6-3-7-12-22/h2-7,9-12,15-16,18,20,24-26H,8,13-14,17,19H2,1H3/q+1. The van der Waals surface area contributed by atoms with Gasteiger partial charge < -0.3 is 4.74 Å². The Morgan fingerprint density at radius 2 is 1.50 bits per heavy atom. The van der Waals surface area contributed by atoms with E-state index in [-0.39, 0.29) is 22.3 Å². The minimum absolute atomic E-state index is 0.242. The number of halogens is 1. The van der Waals surface area contributed by atoms with E-state index in [1.807, 2.05) is 24.3 Å². The van der Waals surface area contributed by atoms with Crippen LogP contribution in [0.5, 0.6) is 5.75 Å². The van der Waals surface area contributed by atoms with E-state index in [1.165, 1.54) is 35.5 Å². The molecule has 5 unspecified atom stereocenters. The quantitative estimate of drug-likeness (QED) is 0.369. The Labute approximate surface area is 193 Å². The van der Waals surface area contributed by atoms with Crippen molar-refractivity contribution < 1.29 is 9.13 Å². The van der Waals surface area contributed by atoms with Gasteiger partial charge in [-0.15, -0.1) is 0 Å². The van der Waals surface area contributed by atoms with E-state index in [9.17, 15) is 0 Å². The molecule has 0 radical (unpaired) electrons. The van der Waals surface area contributed by atoms with Crippen LogP contribution in [0.3, 0.4) is 0 Å². The van der Waals surface area contributed by atoms with Crippen LogP contribution in [0.25, 0.3) is 0 Å². The van der Waals surface area contributed by atoms with Gasteiger partial charge in [0.15, 0.2) is 26.3 Å². The van der Waals surface area contributed by atoms with Gasteiger partial charge in [-0.3, -0.25) is 0 Å². The molecule has 1 nitrogen and oxygen atoms in total. The normalized spacial score (nSPS) is 30.6. The second-order valence-corrected chi connectivity index (χ2v) is 12.0. The molecule has 3 aliphatic rings. The molecule has 3 aromatic rings. The van der Waals surface area contributed by atoms with Gasteiger partial charge in [-0.05, 0) is 86.8 Å². The number of ether oxygens (including phenoxy) is 1. The first kappa shape index (κ1) is 20.4. The van der Waals surface area contributed by atoms with Crippen LogP contribution >= 0.6 is 0 Å². The minimum atomic E-state index is -0.303. The molecule has 0 N–H and O–H groups in total. The Bertz CT molecular complexity index is 1060. The van der Waals surface area contributed by atoms with Crippen molar-refractivity contribution in [2.45, 2.75) is 59.3 Å². The molecule has 32 heavy (non-hydrogen) atoms. The molecular formula is C29H30FOS+. The van der Waals surface area contributed by atoms with Crippen molar-refractivity contribution in [3.05, 3.63) is 84.7 Å².